The van der Waals surface area contributed by atoms with Crippen LogP contribution in [-0.4, -0.2) is 28.6 Å². The highest BCUT2D eigenvalue weighted by molar-refractivity contribution is 5.78. The number of rotatable bonds is 7. The summed E-state index contributed by atoms with van der Waals surface area (Å²) in [6, 6.07) is 15.5. The van der Waals surface area contributed by atoms with Gasteiger partial charge in [-0.3, -0.25) is 14.9 Å². The van der Waals surface area contributed by atoms with Gasteiger partial charge in [0.1, 0.15) is 0 Å². The molecule has 2 rings (SSSR count). The first-order chi connectivity index (χ1) is 11.0. The number of amides is 1. The Morgan fingerprint density at radius 3 is 2.52 bits per heavy atom. The second-order valence-electron chi connectivity index (χ2n) is 5.25. The number of benzene rings is 2. The lowest BCUT2D eigenvalue weighted by atomic mass is 10.1. The van der Waals surface area contributed by atoms with Crippen LogP contribution in [-0.2, 0) is 17.6 Å². The second-order valence-corrected chi connectivity index (χ2v) is 5.25. The summed E-state index contributed by atoms with van der Waals surface area (Å²) >= 11 is 0. The Labute approximate surface area is 133 Å². The zero-order valence-corrected chi connectivity index (χ0v) is 12.5. The topological polar surface area (TPSA) is 92.5 Å². The molecule has 6 heteroatoms. The Hall–Kier alpha value is -2.73. The van der Waals surface area contributed by atoms with E-state index in [9.17, 15) is 20.0 Å². The Morgan fingerprint density at radius 1 is 1.13 bits per heavy atom. The number of aliphatic hydroxyl groups excluding tert-OH is 1. The molecule has 1 atom stereocenters. The second kappa shape index (κ2) is 8.05. The number of aliphatic hydroxyl groups is 1. The molecule has 2 N–H and O–H groups in total. The fourth-order valence-electron chi connectivity index (χ4n) is 2.22. The SMILES string of the molecule is O=C(Cc1cccc([N+](=O)[O-])c1)NC[C@@H](O)Cc1ccccc1. The lowest BCUT2D eigenvalue weighted by Crippen LogP contribution is -2.34. The lowest BCUT2D eigenvalue weighted by molar-refractivity contribution is -0.384. The van der Waals surface area contributed by atoms with Crippen LogP contribution in [0.25, 0.3) is 0 Å². The predicted molar refractivity (Wildman–Crippen MR) is 86.0 cm³/mol. The summed E-state index contributed by atoms with van der Waals surface area (Å²) in [4.78, 5) is 22.1. The van der Waals surface area contributed by atoms with E-state index in [1.165, 1.54) is 12.1 Å². The molecule has 0 aliphatic carbocycles. The van der Waals surface area contributed by atoms with Gasteiger partial charge in [-0.25, -0.2) is 0 Å². The Balaban J connectivity index is 1.81. The molecule has 2 aromatic carbocycles. The smallest absolute Gasteiger partial charge is 0.269 e. The normalized spacial score (nSPS) is 11.7. The number of nitro benzene ring substituents is 1. The number of hydrogen-bond donors (Lipinski definition) is 2. The fraction of sp³-hybridized carbons (Fsp3) is 0.235. The van der Waals surface area contributed by atoms with Gasteiger partial charge in [0, 0.05) is 25.1 Å². The van der Waals surface area contributed by atoms with Gasteiger partial charge in [0.25, 0.3) is 5.69 Å². The van der Waals surface area contributed by atoms with E-state index >= 15 is 0 Å². The highest BCUT2D eigenvalue weighted by atomic mass is 16.6. The number of nitrogens with one attached hydrogen (secondary N) is 1. The Bertz CT molecular complexity index is 673. The Morgan fingerprint density at radius 2 is 1.83 bits per heavy atom. The maximum atomic E-state index is 11.9. The quantitative estimate of drug-likeness (QED) is 0.602. The minimum Gasteiger partial charge on any atom is -0.391 e. The Kier molecular flexibility index (Phi) is 5.82. The third kappa shape index (κ3) is 5.52. The molecule has 0 unspecified atom stereocenters. The van der Waals surface area contributed by atoms with Gasteiger partial charge in [0.2, 0.25) is 5.91 Å². The van der Waals surface area contributed by atoms with E-state index in [0.29, 0.717) is 12.0 Å². The van der Waals surface area contributed by atoms with Crippen LogP contribution in [0.3, 0.4) is 0 Å². The van der Waals surface area contributed by atoms with Crippen LogP contribution in [0, 0.1) is 10.1 Å². The molecule has 0 heterocycles. The van der Waals surface area contributed by atoms with Gasteiger partial charge in [-0.15, -0.1) is 0 Å². The van der Waals surface area contributed by atoms with Crippen molar-refractivity contribution in [3.63, 3.8) is 0 Å². The minimum absolute atomic E-state index is 0.0414. The van der Waals surface area contributed by atoms with E-state index in [4.69, 9.17) is 0 Å². The van der Waals surface area contributed by atoms with Crippen molar-refractivity contribution in [3.8, 4) is 0 Å². The van der Waals surface area contributed by atoms with Gasteiger partial charge in [-0.2, -0.15) is 0 Å². The molecule has 6 nitrogen and oxygen atoms in total. The molecule has 0 aromatic heterocycles. The first-order valence-corrected chi connectivity index (χ1v) is 7.26. The van der Waals surface area contributed by atoms with Gasteiger partial charge in [-0.05, 0) is 11.1 Å². The van der Waals surface area contributed by atoms with Crippen LogP contribution in [0.1, 0.15) is 11.1 Å². The van der Waals surface area contributed by atoms with Gasteiger partial charge >= 0.3 is 0 Å². The largest absolute Gasteiger partial charge is 0.391 e. The van der Waals surface area contributed by atoms with Crippen LogP contribution in [0.2, 0.25) is 0 Å². The van der Waals surface area contributed by atoms with Crippen molar-refractivity contribution >= 4 is 11.6 Å². The molecule has 0 radical (unpaired) electrons. The monoisotopic (exact) mass is 314 g/mol. The summed E-state index contributed by atoms with van der Waals surface area (Å²) in [6.07, 6.45) is -0.177. The van der Waals surface area contributed by atoms with Crippen molar-refractivity contribution < 1.29 is 14.8 Å². The molecule has 0 aliphatic rings. The molecule has 2 aromatic rings. The number of non-ortho nitro benzene ring substituents is 1. The first-order valence-electron chi connectivity index (χ1n) is 7.26. The molecule has 0 saturated carbocycles. The zero-order valence-electron chi connectivity index (χ0n) is 12.5. The molecule has 0 spiro atoms. The maximum Gasteiger partial charge on any atom is 0.269 e. The van der Waals surface area contributed by atoms with Crippen molar-refractivity contribution in [1.82, 2.24) is 5.32 Å². The molecular weight excluding hydrogens is 296 g/mol. The molecule has 23 heavy (non-hydrogen) atoms. The molecule has 0 bridgehead atoms. The number of nitrogens with zero attached hydrogens (tertiary/aromatic N) is 1. The average Bonchev–Trinajstić information content (AvgIpc) is 2.54. The van der Waals surface area contributed by atoms with Crippen molar-refractivity contribution in [2.75, 3.05) is 6.54 Å². The van der Waals surface area contributed by atoms with E-state index in [2.05, 4.69) is 5.32 Å². The van der Waals surface area contributed by atoms with E-state index in [-0.39, 0.29) is 24.6 Å². The fourth-order valence-corrected chi connectivity index (χ4v) is 2.22. The van der Waals surface area contributed by atoms with Crippen molar-refractivity contribution in [1.29, 1.82) is 0 Å². The van der Waals surface area contributed by atoms with E-state index in [0.717, 1.165) is 5.56 Å². The molecule has 120 valence electrons. The van der Waals surface area contributed by atoms with Crippen LogP contribution in [0.15, 0.2) is 54.6 Å². The van der Waals surface area contributed by atoms with Crippen molar-refractivity contribution in [2.24, 2.45) is 0 Å². The van der Waals surface area contributed by atoms with Crippen LogP contribution in [0.5, 0.6) is 0 Å². The first kappa shape index (κ1) is 16.6. The van der Waals surface area contributed by atoms with Crippen LogP contribution in [0.4, 0.5) is 5.69 Å². The summed E-state index contributed by atoms with van der Waals surface area (Å²) in [5.74, 6) is -0.280. The van der Waals surface area contributed by atoms with Gasteiger partial charge in [0.05, 0.1) is 17.4 Å². The van der Waals surface area contributed by atoms with Gasteiger partial charge < -0.3 is 10.4 Å². The van der Waals surface area contributed by atoms with Crippen molar-refractivity contribution in [3.05, 3.63) is 75.8 Å². The third-order valence-corrected chi connectivity index (χ3v) is 3.34. The lowest BCUT2D eigenvalue weighted by Gasteiger charge is -2.12. The van der Waals surface area contributed by atoms with Crippen LogP contribution < -0.4 is 5.32 Å². The molecule has 0 saturated heterocycles. The summed E-state index contributed by atoms with van der Waals surface area (Å²) < 4.78 is 0. The molecule has 0 fully saturated rings. The highest BCUT2D eigenvalue weighted by Gasteiger charge is 2.11. The summed E-state index contributed by atoms with van der Waals surface area (Å²) in [6.45, 7) is 0.142. The summed E-state index contributed by atoms with van der Waals surface area (Å²) in [5.41, 5.74) is 1.52. The highest BCUT2D eigenvalue weighted by Crippen LogP contribution is 2.13. The standard InChI is InChI=1S/C17H18N2O4/c20-16(10-13-5-2-1-3-6-13)12-18-17(21)11-14-7-4-8-15(9-14)19(22)23/h1-9,16,20H,10-12H2,(H,18,21)/t16-/m0/s1. The number of carbonyl (C=O) groups is 1. The molecule has 0 aliphatic heterocycles. The average molecular weight is 314 g/mol. The number of hydrogen-bond acceptors (Lipinski definition) is 4. The van der Waals surface area contributed by atoms with E-state index in [1.807, 2.05) is 30.3 Å². The number of nitro groups is 1. The summed E-state index contributed by atoms with van der Waals surface area (Å²) in [5, 5.41) is 23.3. The van der Waals surface area contributed by atoms with E-state index < -0.39 is 11.0 Å². The van der Waals surface area contributed by atoms with E-state index in [1.54, 1.807) is 12.1 Å². The molecular formula is C17H18N2O4. The van der Waals surface area contributed by atoms with Crippen LogP contribution >= 0.6 is 0 Å². The van der Waals surface area contributed by atoms with Gasteiger partial charge in [0.15, 0.2) is 0 Å². The van der Waals surface area contributed by atoms with Crippen molar-refractivity contribution in [2.45, 2.75) is 18.9 Å². The molecule has 1 amide bonds. The minimum atomic E-state index is -0.675. The third-order valence-electron chi connectivity index (χ3n) is 3.34. The number of carbonyl (C=O) groups excluding carboxylic acids is 1. The maximum absolute atomic E-state index is 11.9. The predicted octanol–water partition coefficient (Wildman–Crippen LogP) is 1.86. The zero-order chi connectivity index (χ0) is 16.7. The van der Waals surface area contributed by atoms with Gasteiger partial charge in [-0.1, -0.05) is 42.5 Å². The summed E-state index contributed by atoms with van der Waals surface area (Å²) in [7, 11) is 0.